The fraction of sp³-hybridized carbons (Fsp3) is 1.00. The van der Waals surface area contributed by atoms with Crippen molar-refractivity contribution in [2.75, 3.05) is 13.0 Å². The lowest BCUT2D eigenvalue weighted by Gasteiger charge is -2.22. The predicted octanol–water partition coefficient (Wildman–Crippen LogP) is 3.02. The molecule has 0 radical (unpaired) electrons. The van der Waals surface area contributed by atoms with Gasteiger partial charge in [-0.05, 0) is 34.6 Å². The second-order valence-electron chi connectivity index (χ2n) is 3.54. The zero-order valence-corrected chi connectivity index (χ0v) is 10.5. The molecule has 0 amide bonds. The molecule has 86 valence electrons. The Hall–Kier alpha value is 0.110. The second kappa shape index (κ2) is 6.57. The van der Waals surface area contributed by atoms with Gasteiger partial charge in [0.25, 0.3) is 0 Å². The number of ether oxygens (including phenoxy) is 1. The van der Waals surface area contributed by atoms with Gasteiger partial charge in [-0.2, -0.15) is 0 Å². The van der Waals surface area contributed by atoms with Crippen molar-refractivity contribution < 1.29 is 18.3 Å². The van der Waals surface area contributed by atoms with Crippen molar-refractivity contribution >= 4 is 7.60 Å². The molecule has 0 heterocycles. The van der Waals surface area contributed by atoms with Crippen molar-refractivity contribution in [3.63, 3.8) is 0 Å². The molecule has 0 fully saturated rings. The van der Waals surface area contributed by atoms with E-state index in [0.717, 1.165) is 0 Å². The van der Waals surface area contributed by atoms with Gasteiger partial charge in [0.15, 0.2) is 0 Å². The zero-order valence-electron chi connectivity index (χ0n) is 9.65. The Balaban J connectivity index is 4.26. The summed E-state index contributed by atoms with van der Waals surface area (Å²) in [7, 11) is -3.07. The van der Waals surface area contributed by atoms with Crippen LogP contribution in [-0.4, -0.2) is 25.2 Å². The summed E-state index contributed by atoms with van der Waals surface area (Å²) in [6.45, 7) is 9.64. The van der Waals surface area contributed by atoms with Crippen LogP contribution in [0.15, 0.2) is 0 Å². The van der Waals surface area contributed by atoms with E-state index in [1.165, 1.54) is 0 Å². The fourth-order valence-electron chi connectivity index (χ4n) is 0.931. The molecule has 0 aromatic heterocycles. The van der Waals surface area contributed by atoms with Crippen molar-refractivity contribution in [1.82, 2.24) is 0 Å². The van der Waals surface area contributed by atoms with Crippen molar-refractivity contribution in [1.29, 1.82) is 0 Å². The summed E-state index contributed by atoms with van der Waals surface area (Å²) in [5, 5.41) is 0. The van der Waals surface area contributed by atoms with Crippen molar-refractivity contribution in [3.8, 4) is 0 Å². The van der Waals surface area contributed by atoms with E-state index in [0.29, 0.717) is 6.61 Å². The molecule has 0 bridgehead atoms. The molecule has 0 aliphatic rings. The highest BCUT2D eigenvalue weighted by molar-refractivity contribution is 7.53. The molecule has 0 aliphatic heterocycles. The first kappa shape index (κ1) is 14.1. The van der Waals surface area contributed by atoms with Crippen LogP contribution in [0.25, 0.3) is 0 Å². The molecule has 4 nitrogen and oxygen atoms in total. The molecule has 0 aromatic rings. The van der Waals surface area contributed by atoms with Crippen LogP contribution in [0, 0.1) is 0 Å². The SMILES string of the molecule is CCOCP(=O)(OC(C)C)OC(C)C. The third-order valence-corrected chi connectivity index (χ3v) is 3.18. The third-order valence-electron chi connectivity index (χ3n) is 1.20. The van der Waals surface area contributed by atoms with E-state index in [9.17, 15) is 4.57 Å². The van der Waals surface area contributed by atoms with E-state index in [2.05, 4.69) is 0 Å². The Morgan fingerprint density at radius 1 is 1.07 bits per heavy atom. The Bertz CT molecular complexity index is 177. The molecule has 0 unspecified atom stereocenters. The summed E-state index contributed by atoms with van der Waals surface area (Å²) in [6.07, 6.45) is -0.222. The van der Waals surface area contributed by atoms with Crippen LogP contribution in [0.1, 0.15) is 34.6 Å². The molecule has 0 saturated carbocycles. The molecular weight excluding hydrogens is 203 g/mol. The number of rotatable bonds is 7. The van der Waals surface area contributed by atoms with Crippen LogP contribution in [-0.2, 0) is 18.3 Å². The number of hydrogen-bond acceptors (Lipinski definition) is 4. The van der Waals surface area contributed by atoms with Crippen molar-refractivity contribution in [2.24, 2.45) is 0 Å². The minimum atomic E-state index is -3.07. The Labute approximate surface area is 86.5 Å². The lowest BCUT2D eigenvalue weighted by molar-refractivity contribution is 0.103. The molecule has 0 atom stereocenters. The fourth-order valence-corrected chi connectivity index (χ4v) is 2.79. The summed E-state index contributed by atoms with van der Waals surface area (Å²) in [6, 6.07) is 0. The molecule has 0 saturated heterocycles. The van der Waals surface area contributed by atoms with E-state index in [1.54, 1.807) is 0 Å². The van der Waals surface area contributed by atoms with Gasteiger partial charge in [0.05, 0.1) is 12.2 Å². The van der Waals surface area contributed by atoms with Gasteiger partial charge in [0.1, 0.15) is 6.35 Å². The van der Waals surface area contributed by atoms with Gasteiger partial charge in [-0.3, -0.25) is 4.57 Å². The number of hydrogen-bond donors (Lipinski definition) is 0. The van der Waals surface area contributed by atoms with Gasteiger partial charge in [0.2, 0.25) is 0 Å². The van der Waals surface area contributed by atoms with Crippen molar-refractivity contribution in [3.05, 3.63) is 0 Å². The molecule has 0 aromatic carbocycles. The molecule has 0 rings (SSSR count). The Morgan fingerprint density at radius 2 is 1.50 bits per heavy atom. The predicted molar refractivity (Wildman–Crippen MR) is 56.5 cm³/mol. The normalized spacial score (nSPS) is 12.8. The minimum absolute atomic E-state index is 0.0276. The first-order valence-electron chi connectivity index (χ1n) is 4.93. The maximum atomic E-state index is 12.0. The van der Waals surface area contributed by atoms with E-state index in [1.807, 2.05) is 34.6 Å². The first-order valence-corrected chi connectivity index (χ1v) is 6.66. The van der Waals surface area contributed by atoms with Crippen LogP contribution in [0.5, 0.6) is 0 Å². The van der Waals surface area contributed by atoms with Crippen LogP contribution in [0.2, 0.25) is 0 Å². The van der Waals surface area contributed by atoms with E-state index in [-0.39, 0.29) is 18.6 Å². The van der Waals surface area contributed by atoms with Crippen LogP contribution < -0.4 is 0 Å². The van der Waals surface area contributed by atoms with Gasteiger partial charge in [-0.15, -0.1) is 0 Å². The first-order chi connectivity index (χ1) is 6.39. The molecule has 5 heteroatoms. The van der Waals surface area contributed by atoms with Gasteiger partial charge >= 0.3 is 7.60 Å². The quantitative estimate of drug-likeness (QED) is 0.623. The van der Waals surface area contributed by atoms with Crippen LogP contribution >= 0.6 is 7.60 Å². The average molecular weight is 224 g/mol. The Kier molecular flexibility index (Phi) is 6.62. The summed E-state index contributed by atoms with van der Waals surface area (Å²) in [5.41, 5.74) is 0. The molecule has 14 heavy (non-hydrogen) atoms. The highest BCUT2D eigenvalue weighted by Gasteiger charge is 2.27. The zero-order chi connectivity index (χ0) is 11.2. The molecular formula is C9H21O4P. The van der Waals surface area contributed by atoms with Gasteiger partial charge in [-0.1, -0.05) is 0 Å². The van der Waals surface area contributed by atoms with Crippen LogP contribution in [0.4, 0.5) is 0 Å². The standard InChI is InChI=1S/C9H21O4P/c1-6-11-7-14(10,12-8(2)3)13-9(4)5/h8-9H,6-7H2,1-5H3. The smallest absolute Gasteiger partial charge is 0.356 e. The maximum Gasteiger partial charge on any atom is 0.356 e. The van der Waals surface area contributed by atoms with E-state index < -0.39 is 7.60 Å². The third kappa shape index (κ3) is 6.55. The van der Waals surface area contributed by atoms with Crippen LogP contribution in [0.3, 0.4) is 0 Å². The minimum Gasteiger partial charge on any atom is -0.369 e. The molecule has 0 aliphatic carbocycles. The molecule has 0 spiro atoms. The summed E-state index contributed by atoms with van der Waals surface area (Å²) >= 11 is 0. The van der Waals surface area contributed by atoms with Crippen molar-refractivity contribution in [2.45, 2.75) is 46.8 Å². The van der Waals surface area contributed by atoms with E-state index in [4.69, 9.17) is 13.8 Å². The highest BCUT2D eigenvalue weighted by Crippen LogP contribution is 2.50. The maximum absolute atomic E-state index is 12.0. The second-order valence-corrected chi connectivity index (χ2v) is 5.44. The average Bonchev–Trinajstić information content (AvgIpc) is 1.97. The van der Waals surface area contributed by atoms with Gasteiger partial charge in [-0.25, -0.2) is 0 Å². The van der Waals surface area contributed by atoms with Gasteiger partial charge in [0, 0.05) is 6.61 Å². The lowest BCUT2D eigenvalue weighted by atomic mass is 10.5. The largest absolute Gasteiger partial charge is 0.369 e. The lowest BCUT2D eigenvalue weighted by Crippen LogP contribution is -2.11. The highest BCUT2D eigenvalue weighted by atomic mass is 31.2. The summed E-state index contributed by atoms with van der Waals surface area (Å²) in [5.74, 6) is 0. The Morgan fingerprint density at radius 3 is 1.79 bits per heavy atom. The van der Waals surface area contributed by atoms with E-state index >= 15 is 0 Å². The molecule has 0 N–H and O–H groups in total. The monoisotopic (exact) mass is 224 g/mol. The topological polar surface area (TPSA) is 44.8 Å². The summed E-state index contributed by atoms with van der Waals surface area (Å²) in [4.78, 5) is 0. The summed E-state index contributed by atoms with van der Waals surface area (Å²) < 4.78 is 27.6. The van der Waals surface area contributed by atoms with Gasteiger partial charge < -0.3 is 13.8 Å².